The van der Waals surface area contributed by atoms with Crippen molar-refractivity contribution in [3.8, 4) is 5.75 Å². The molecule has 3 saturated carbocycles. The van der Waals surface area contributed by atoms with Gasteiger partial charge in [-0.05, 0) is 62.3 Å². The first-order valence-corrected chi connectivity index (χ1v) is 10.7. The number of rotatable bonds is 6. The molecule has 1 unspecified atom stereocenters. The highest BCUT2D eigenvalue weighted by Gasteiger charge is 2.54. The third-order valence-corrected chi connectivity index (χ3v) is 6.88. The van der Waals surface area contributed by atoms with Gasteiger partial charge in [0.2, 0.25) is 0 Å². The minimum atomic E-state index is -0.591. The Hall–Kier alpha value is -2.74. The summed E-state index contributed by atoms with van der Waals surface area (Å²) in [5.41, 5.74) is -0.321. The summed E-state index contributed by atoms with van der Waals surface area (Å²) in [6.07, 6.45) is 5.35. The zero-order chi connectivity index (χ0) is 22.1. The van der Waals surface area contributed by atoms with Crippen LogP contribution in [0.25, 0.3) is 0 Å². The van der Waals surface area contributed by atoms with Crippen LogP contribution in [0.15, 0.2) is 36.5 Å². The van der Waals surface area contributed by atoms with Gasteiger partial charge in [0.05, 0.1) is 5.02 Å². The largest absolute Gasteiger partial charge is 0.484 e. The molecular formula is C22H24ClFN4O3. The van der Waals surface area contributed by atoms with Gasteiger partial charge in [-0.3, -0.25) is 9.59 Å². The molecule has 2 amide bonds. The van der Waals surface area contributed by atoms with E-state index in [0.29, 0.717) is 5.69 Å². The molecule has 3 aliphatic rings. The first-order valence-electron chi connectivity index (χ1n) is 10.3. The van der Waals surface area contributed by atoms with E-state index >= 15 is 0 Å². The molecule has 1 atom stereocenters. The van der Waals surface area contributed by atoms with E-state index in [-0.39, 0.29) is 46.2 Å². The lowest BCUT2D eigenvalue weighted by atomic mass is 9.56. The molecule has 7 nitrogen and oxygen atoms in total. The highest BCUT2D eigenvalue weighted by atomic mass is 35.5. The van der Waals surface area contributed by atoms with E-state index in [1.807, 2.05) is 0 Å². The summed E-state index contributed by atoms with van der Waals surface area (Å²) in [4.78, 5) is 25.2. The molecule has 9 heteroatoms. The summed E-state index contributed by atoms with van der Waals surface area (Å²) in [5, 5.41) is 14.0. The normalized spacial score (nSPS) is 26.9. The summed E-state index contributed by atoms with van der Waals surface area (Å²) < 4.78 is 18.9. The second-order valence-corrected chi connectivity index (χ2v) is 8.92. The lowest BCUT2D eigenvalue weighted by molar-refractivity contribution is -0.127. The van der Waals surface area contributed by atoms with Crippen LogP contribution in [0.5, 0.6) is 5.75 Å². The van der Waals surface area contributed by atoms with E-state index in [1.54, 1.807) is 12.1 Å². The average Bonchev–Trinajstić information content (AvgIpc) is 2.76. The Morgan fingerprint density at radius 1 is 1.23 bits per heavy atom. The smallest absolute Gasteiger partial charge is 0.272 e. The predicted octanol–water partition coefficient (Wildman–Crippen LogP) is 3.29. The van der Waals surface area contributed by atoms with Crippen molar-refractivity contribution in [2.45, 2.75) is 50.1 Å². The van der Waals surface area contributed by atoms with Crippen molar-refractivity contribution in [2.75, 3.05) is 6.61 Å². The molecule has 2 N–H and O–H groups in total. The van der Waals surface area contributed by atoms with Crippen LogP contribution in [-0.2, 0) is 4.79 Å². The third-order valence-electron chi connectivity index (χ3n) is 6.57. The van der Waals surface area contributed by atoms with Gasteiger partial charge >= 0.3 is 0 Å². The highest BCUT2D eigenvalue weighted by molar-refractivity contribution is 6.30. The maximum Gasteiger partial charge on any atom is 0.272 e. The molecule has 1 aromatic carbocycles. The summed E-state index contributed by atoms with van der Waals surface area (Å²) >= 11 is 5.66. The number of halogens is 2. The van der Waals surface area contributed by atoms with Gasteiger partial charge in [0.25, 0.3) is 11.8 Å². The molecule has 0 aliphatic heterocycles. The molecule has 3 fully saturated rings. The van der Waals surface area contributed by atoms with E-state index in [2.05, 4.69) is 27.8 Å². The molecule has 2 aromatic rings. The third kappa shape index (κ3) is 4.49. The van der Waals surface area contributed by atoms with Crippen molar-refractivity contribution >= 4 is 23.4 Å². The van der Waals surface area contributed by atoms with Gasteiger partial charge in [0.15, 0.2) is 12.3 Å². The van der Waals surface area contributed by atoms with E-state index in [0.717, 1.165) is 38.2 Å². The lowest BCUT2D eigenvalue weighted by Crippen LogP contribution is -2.67. The van der Waals surface area contributed by atoms with Crippen LogP contribution in [0.2, 0.25) is 5.02 Å². The predicted molar refractivity (Wildman–Crippen MR) is 112 cm³/mol. The number of aromatic nitrogens is 2. The molecule has 0 saturated heterocycles. The zero-order valence-electron chi connectivity index (χ0n) is 17.2. The van der Waals surface area contributed by atoms with Crippen LogP contribution in [0, 0.1) is 11.7 Å². The summed E-state index contributed by atoms with van der Waals surface area (Å²) in [7, 11) is 0. The minimum Gasteiger partial charge on any atom is -0.484 e. The first-order chi connectivity index (χ1) is 14.8. The number of hydrogen-bond donors (Lipinski definition) is 2. The van der Waals surface area contributed by atoms with Gasteiger partial charge < -0.3 is 15.4 Å². The molecule has 0 spiro atoms. The number of fused-ring (bicyclic) bond motifs is 3. The van der Waals surface area contributed by atoms with Crippen molar-refractivity contribution in [1.29, 1.82) is 0 Å². The average molecular weight is 447 g/mol. The van der Waals surface area contributed by atoms with Gasteiger partial charge in [0, 0.05) is 23.3 Å². The number of nitrogens with one attached hydrogen (secondary N) is 2. The molecule has 5 rings (SSSR count). The first kappa shape index (κ1) is 21.5. The fraction of sp³-hybridized carbons (Fsp3) is 0.455. The SMILES string of the molecule is CC1CC2(NC(=O)COc3ccc(Cl)c(F)c3)CCC1(NC(=O)c1cccnn1)CC2. The number of nitrogens with zero attached hydrogens (tertiary/aromatic N) is 2. The molecule has 3 aliphatic carbocycles. The number of carbonyl (C=O) groups is 2. The van der Waals surface area contributed by atoms with Crippen molar-refractivity contribution in [2.24, 2.45) is 5.92 Å². The zero-order valence-corrected chi connectivity index (χ0v) is 17.9. The number of amides is 2. The van der Waals surface area contributed by atoms with Crippen molar-refractivity contribution in [3.05, 3.63) is 53.1 Å². The number of ether oxygens (including phenoxy) is 1. The van der Waals surface area contributed by atoms with E-state index < -0.39 is 5.82 Å². The maximum atomic E-state index is 13.5. The van der Waals surface area contributed by atoms with Crippen molar-refractivity contribution in [1.82, 2.24) is 20.8 Å². The van der Waals surface area contributed by atoms with Crippen molar-refractivity contribution in [3.63, 3.8) is 0 Å². The molecule has 2 bridgehead atoms. The highest BCUT2D eigenvalue weighted by Crippen LogP contribution is 2.50. The van der Waals surface area contributed by atoms with E-state index in [4.69, 9.17) is 16.3 Å². The Bertz CT molecular complexity index is 980. The van der Waals surface area contributed by atoms with Gasteiger partial charge in [-0.1, -0.05) is 18.5 Å². The fourth-order valence-corrected chi connectivity index (χ4v) is 4.95. The van der Waals surface area contributed by atoms with E-state index in [1.165, 1.54) is 18.3 Å². The number of hydrogen-bond acceptors (Lipinski definition) is 5. The summed E-state index contributed by atoms with van der Waals surface area (Å²) in [5.74, 6) is -0.628. The van der Waals surface area contributed by atoms with Gasteiger partial charge in [0.1, 0.15) is 11.6 Å². The second kappa shape index (κ2) is 8.42. The van der Waals surface area contributed by atoms with Crippen LogP contribution in [-0.4, -0.2) is 39.7 Å². The van der Waals surface area contributed by atoms with Crippen LogP contribution in [0.1, 0.15) is 49.5 Å². The lowest BCUT2D eigenvalue weighted by Gasteiger charge is -2.57. The van der Waals surface area contributed by atoms with Crippen LogP contribution in [0.4, 0.5) is 4.39 Å². The van der Waals surface area contributed by atoms with Crippen LogP contribution >= 0.6 is 11.6 Å². The van der Waals surface area contributed by atoms with Crippen molar-refractivity contribution < 1.29 is 18.7 Å². The van der Waals surface area contributed by atoms with Gasteiger partial charge in [-0.15, -0.1) is 5.10 Å². The van der Waals surface area contributed by atoms with Gasteiger partial charge in [-0.2, -0.15) is 5.10 Å². The molecule has 164 valence electrons. The Balaban J connectivity index is 1.34. The Labute approximate surface area is 184 Å². The number of benzene rings is 1. The quantitative estimate of drug-likeness (QED) is 0.710. The molecular weight excluding hydrogens is 423 g/mol. The monoisotopic (exact) mass is 446 g/mol. The Morgan fingerprint density at radius 3 is 2.65 bits per heavy atom. The van der Waals surface area contributed by atoms with Crippen LogP contribution in [0.3, 0.4) is 0 Å². The summed E-state index contributed by atoms with van der Waals surface area (Å²) in [6.45, 7) is 1.90. The topological polar surface area (TPSA) is 93.2 Å². The standard InChI is InChI=1S/C22H24ClFN4O3/c1-14-12-21(26-19(29)13-31-15-4-5-16(23)17(24)11-15)6-8-22(14,9-7-21)27-20(30)18-3-2-10-25-28-18/h2-5,10-11,14H,6-9,12-13H2,1H3,(H,26,29)(H,27,30). The van der Waals surface area contributed by atoms with Crippen LogP contribution < -0.4 is 15.4 Å². The molecule has 0 radical (unpaired) electrons. The van der Waals surface area contributed by atoms with E-state index in [9.17, 15) is 14.0 Å². The molecule has 31 heavy (non-hydrogen) atoms. The Kier molecular flexibility index (Phi) is 5.83. The fourth-order valence-electron chi connectivity index (χ4n) is 4.84. The molecule has 1 heterocycles. The summed E-state index contributed by atoms with van der Waals surface area (Å²) in [6, 6.07) is 7.40. The second-order valence-electron chi connectivity index (χ2n) is 8.52. The Morgan fingerprint density at radius 2 is 2.00 bits per heavy atom. The molecule has 1 aromatic heterocycles. The minimum absolute atomic E-state index is 0.00368. The number of carbonyl (C=O) groups excluding carboxylic acids is 2. The van der Waals surface area contributed by atoms with Gasteiger partial charge in [-0.25, -0.2) is 4.39 Å². The maximum absolute atomic E-state index is 13.5.